The van der Waals surface area contributed by atoms with Crippen LogP contribution in [-0.4, -0.2) is 77.5 Å². The van der Waals surface area contributed by atoms with Crippen LogP contribution in [-0.2, 0) is 9.53 Å². The zero-order valence-corrected chi connectivity index (χ0v) is 16.9. The number of ether oxygens (including phenoxy) is 2. The second-order valence-corrected chi connectivity index (χ2v) is 7.48. The van der Waals surface area contributed by atoms with Crippen LogP contribution in [0.2, 0.25) is 0 Å². The summed E-state index contributed by atoms with van der Waals surface area (Å²) in [6.07, 6.45) is -9.93. The Morgan fingerprint density at radius 3 is 2.24 bits per heavy atom. The summed E-state index contributed by atoms with van der Waals surface area (Å²) >= 11 is 0. The number of benzene rings is 2. The highest BCUT2D eigenvalue weighted by molar-refractivity contribution is 5.89. The van der Waals surface area contributed by atoms with Crippen molar-refractivity contribution in [2.75, 3.05) is 0 Å². The summed E-state index contributed by atoms with van der Waals surface area (Å²) in [6.45, 7) is 0. The number of carbonyl (C=O) groups is 1. The molecular weight excluding hydrogens is 460 g/mol. The Labute approximate surface area is 188 Å². The lowest BCUT2D eigenvalue weighted by Crippen LogP contribution is -2.61. The molecular formula is C21H18O13. The van der Waals surface area contributed by atoms with E-state index in [0.29, 0.717) is 0 Å². The third-order valence-electron chi connectivity index (χ3n) is 5.23. The number of aliphatic carboxylic acids is 1. The number of carboxylic acids is 1. The lowest BCUT2D eigenvalue weighted by Gasteiger charge is -2.38. The van der Waals surface area contributed by atoms with Crippen molar-refractivity contribution in [3.63, 3.8) is 0 Å². The van der Waals surface area contributed by atoms with Crippen molar-refractivity contribution in [3.05, 3.63) is 40.6 Å². The van der Waals surface area contributed by atoms with E-state index < -0.39 is 76.2 Å². The van der Waals surface area contributed by atoms with E-state index in [9.17, 15) is 45.3 Å². The molecule has 0 aliphatic carbocycles. The maximum atomic E-state index is 12.7. The number of aliphatic hydroxyl groups excluding tert-OH is 3. The van der Waals surface area contributed by atoms with Gasteiger partial charge in [-0.15, -0.1) is 0 Å². The largest absolute Gasteiger partial charge is 0.504 e. The van der Waals surface area contributed by atoms with Gasteiger partial charge in [0.05, 0.1) is 0 Å². The van der Waals surface area contributed by atoms with Crippen molar-refractivity contribution in [1.82, 2.24) is 0 Å². The number of phenolic OH excluding ortho intramolecular Hbond substituents is 4. The molecule has 2 heterocycles. The summed E-state index contributed by atoms with van der Waals surface area (Å²) in [5.74, 6) is -5.16. The highest BCUT2D eigenvalue weighted by atomic mass is 16.7. The number of rotatable bonds is 4. The van der Waals surface area contributed by atoms with Crippen molar-refractivity contribution >= 4 is 16.9 Å². The Hall–Kier alpha value is -4.04. The van der Waals surface area contributed by atoms with Crippen LogP contribution in [0.5, 0.6) is 28.7 Å². The number of hydrogen-bond acceptors (Lipinski definition) is 12. The van der Waals surface area contributed by atoms with Gasteiger partial charge in [-0.2, -0.15) is 0 Å². The fourth-order valence-corrected chi connectivity index (χ4v) is 3.47. The molecule has 1 saturated heterocycles. The topological polar surface area (TPSA) is 228 Å². The molecule has 0 bridgehead atoms. The standard InChI is InChI=1S/C21H18O13/c22-7-2-1-6(3-8(7)23)11-4-9(24)13-12(32-11)5-10(25)18(14(13)26)33-21-17(29)15(27)16(28)19(34-21)20(30)31/h1-5,15-17,19,21-23,25-29H,(H,30,31). The summed E-state index contributed by atoms with van der Waals surface area (Å²) in [5, 5.41) is 78.4. The smallest absolute Gasteiger partial charge is 0.335 e. The van der Waals surface area contributed by atoms with Gasteiger partial charge in [0.15, 0.2) is 34.5 Å². The van der Waals surface area contributed by atoms with Gasteiger partial charge in [0.1, 0.15) is 35.0 Å². The first kappa shape index (κ1) is 23.1. The number of aromatic hydroxyl groups is 4. The fourth-order valence-electron chi connectivity index (χ4n) is 3.47. The van der Waals surface area contributed by atoms with Gasteiger partial charge >= 0.3 is 5.97 Å². The Balaban J connectivity index is 1.75. The van der Waals surface area contributed by atoms with Gasteiger partial charge in [-0.05, 0) is 18.2 Å². The van der Waals surface area contributed by atoms with Gasteiger partial charge in [0.25, 0.3) is 0 Å². The molecule has 0 saturated carbocycles. The number of phenols is 4. The van der Waals surface area contributed by atoms with Crippen LogP contribution in [0, 0.1) is 0 Å². The maximum Gasteiger partial charge on any atom is 0.335 e. The summed E-state index contributed by atoms with van der Waals surface area (Å²) in [5.41, 5.74) is -0.920. The summed E-state index contributed by atoms with van der Waals surface area (Å²) in [6, 6.07) is 5.48. The van der Waals surface area contributed by atoms with E-state index in [1.165, 1.54) is 6.07 Å². The molecule has 0 amide bonds. The van der Waals surface area contributed by atoms with E-state index in [0.717, 1.165) is 24.3 Å². The van der Waals surface area contributed by atoms with Gasteiger partial charge in [-0.3, -0.25) is 4.79 Å². The lowest BCUT2D eigenvalue weighted by molar-refractivity contribution is -0.271. The normalized spacial score (nSPS) is 24.7. The van der Waals surface area contributed by atoms with Crippen molar-refractivity contribution in [2.45, 2.75) is 30.7 Å². The first-order chi connectivity index (χ1) is 16.0. The fraction of sp³-hybridized carbons (Fsp3) is 0.238. The van der Waals surface area contributed by atoms with Crippen molar-refractivity contribution in [3.8, 4) is 40.1 Å². The van der Waals surface area contributed by atoms with Crippen LogP contribution < -0.4 is 10.2 Å². The van der Waals surface area contributed by atoms with E-state index in [-0.39, 0.29) is 16.9 Å². The van der Waals surface area contributed by atoms with Gasteiger partial charge < -0.3 is 54.7 Å². The van der Waals surface area contributed by atoms with Crippen LogP contribution in [0.25, 0.3) is 22.3 Å². The lowest BCUT2D eigenvalue weighted by atomic mass is 9.99. The summed E-state index contributed by atoms with van der Waals surface area (Å²) < 4.78 is 15.7. The molecule has 34 heavy (non-hydrogen) atoms. The third-order valence-corrected chi connectivity index (χ3v) is 5.23. The summed E-state index contributed by atoms with van der Waals surface area (Å²) in [7, 11) is 0. The minimum absolute atomic E-state index is 0.0762. The molecule has 0 spiro atoms. The van der Waals surface area contributed by atoms with E-state index in [1.54, 1.807) is 0 Å². The van der Waals surface area contributed by atoms with Gasteiger partial charge in [0.2, 0.25) is 12.0 Å². The predicted octanol–water partition coefficient (Wildman–Crippen LogP) is -0.447. The van der Waals surface area contributed by atoms with Gasteiger partial charge in [-0.1, -0.05) is 0 Å². The zero-order chi connectivity index (χ0) is 24.9. The molecule has 1 aromatic heterocycles. The minimum atomic E-state index is -2.00. The first-order valence-corrected chi connectivity index (χ1v) is 9.64. The monoisotopic (exact) mass is 478 g/mol. The molecule has 2 aromatic carbocycles. The van der Waals surface area contributed by atoms with Crippen LogP contribution in [0.4, 0.5) is 0 Å². The SMILES string of the molecule is O=C(O)C1OC(Oc2c(O)cc3oc(-c4ccc(O)c(O)c4)cc(=O)c3c2O)C(O)C(O)C1O. The number of hydrogen-bond donors (Lipinski definition) is 8. The van der Waals surface area contributed by atoms with Crippen LogP contribution in [0.15, 0.2) is 39.5 Å². The second kappa shape index (κ2) is 8.39. The molecule has 13 heteroatoms. The van der Waals surface area contributed by atoms with Crippen LogP contribution >= 0.6 is 0 Å². The molecule has 8 N–H and O–H groups in total. The van der Waals surface area contributed by atoms with Crippen molar-refractivity contribution in [1.29, 1.82) is 0 Å². The average Bonchev–Trinajstić information content (AvgIpc) is 2.77. The third kappa shape index (κ3) is 3.82. The van der Waals surface area contributed by atoms with Gasteiger partial charge in [-0.25, -0.2) is 4.79 Å². The number of fused-ring (bicyclic) bond motifs is 1. The molecule has 180 valence electrons. The van der Waals surface area contributed by atoms with E-state index in [2.05, 4.69) is 0 Å². The highest BCUT2D eigenvalue weighted by Gasteiger charge is 2.48. The van der Waals surface area contributed by atoms with Crippen molar-refractivity contribution in [2.24, 2.45) is 0 Å². The molecule has 5 unspecified atom stereocenters. The number of carboxylic acid groups (broad SMARTS) is 1. The van der Waals surface area contributed by atoms with Crippen LogP contribution in [0.3, 0.4) is 0 Å². The molecule has 4 rings (SSSR count). The molecule has 0 radical (unpaired) electrons. The molecule has 1 aliphatic rings. The molecule has 1 aliphatic heterocycles. The van der Waals surface area contributed by atoms with E-state index in [1.807, 2.05) is 0 Å². The summed E-state index contributed by atoms with van der Waals surface area (Å²) in [4.78, 5) is 23.9. The Bertz CT molecular complexity index is 1330. The van der Waals surface area contributed by atoms with E-state index >= 15 is 0 Å². The zero-order valence-electron chi connectivity index (χ0n) is 16.9. The maximum absolute atomic E-state index is 12.7. The molecule has 1 fully saturated rings. The second-order valence-electron chi connectivity index (χ2n) is 7.48. The predicted molar refractivity (Wildman–Crippen MR) is 110 cm³/mol. The van der Waals surface area contributed by atoms with E-state index in [4.69, 9.17) is 19.0 Å². The Morgan fingerprint density at radius 1 is 0.882 bits per heavy atom. The Morgan fingerprint density at radius 2 is 1.59 bits per heavy atom. The minimum Gasteiger partial charge on any atom is -0.504 e. The highest BCUT2D eigenvalue weighted by Crippen LogP contribution is 2.43. The molecule has 3 aromatic rings. The number of aliphatic hydroxyl groups is 3. The quantitative estimate of drug-likeness (QED) is 0.223. The van der Waals surface area contributed by atoms with Crippen molar-refractivity contribution < 1.29 is 59.5 Å². The first-order valence-electron chi connectivity index (χ1n) is 9.64. The molecule has 13 nitrogen and oxygen atoms in total. The van der Waals surface area contributed by atoms with Crippen LogP contribution in [0.1, 0.15) is 0 Å². The Kier molecular flexibility index (Phi) is 5.70. The van der Waals surface area contributed by atoms with Gasteiger partial charge in [0, 0.05) is 17.7 Å². The average molecular weight is 478 g/mol. The molecule has 5 atom stereocenters.